The molecule has 0 aliphatic heterocycles. The highest BCUT2D eigenvalue weighted by molar-refractivity contribution is 5.19. The average Bonchev–Trinajstić information content (AvgIpc) is 2.00. The summed E-state index contributed by atoms with van der Waals surface area (Å²) >= 11 is 0. The molecule has 0 saturated heterocycles. The van der Waals surface area contributed by atoms with E-state index in [2.05, 4.69) is 0 Å². The van der Waals surface area contributed by atoms with Crippen molar-refractivity contribution in [3.05, 3.63) is 0 Å². The summed E-state index contributed by atoms with van der Waals surface area (Å²) in [6, 6.07) is 0. The van der Waals surface area contributed by atoms with Gasteiger partial charge in [0.2, 0.25) is 0 Å². The molecule has 1 fully saturated rings. The first-order valence-corrected chi connectivity index (χ1v) is 3.29. The Morgan fingerprint density at radius 3 is 1.82 bits per heavy atom. The number of hydrogen-bond donors (Lipinski definition) is 5. The highest BCUT2D eigenvalue weighted by atomic mass is 16.5. The molecule has 1 saturated carbocycles. The summed E-state index contributed by atoms with van der Waals surface area (Å²) < 4.78 is 0. The molecule has 0 spiro atoms. The van der Waals surface area contributed by atoms with Gasteiger partial charge in [-0.25, -0.2) is 0 Å². The molecular formula is C6H12O5. The smallest absolute Gasteiger partial charge is 0.147 e. The number of rotatable bonds is 1. The van der Waals surface area contributed by atoms with Gasteiger partial charge in [-0.15, -0.1) is 0 Å². The van der Waals surface area contributed by atoms with Crippen molar-refractivity contribution >= 4 is 0 Å². The maximum absolute atomic E-state index is 9.28. The van der Waals surface area contributed by atoms with Crippen LogP contribution in [0.15, 0.2) is 0 Å². The van der Waals surface area contributed by atoms with E-state index in [1.807, 2.05) is 0 Å². The van der Waals surface area contributed by atoms with Gasteiger partial charge in [0.05, 0.1) is 6.61 Å². The standard InChI is InChI=1S/C6H12O5/c1-5(10)3(8)4(9)6(5,11)2-7/h3-4,7-11H,2H2,1H3/t3-,4-,5+,6+/m0/s1. The molecule has 0 bridgehead atoms. The van der Waals surface area contributed by atoms with E-state index in [4.69, 9.17) is 15.3 Å². The van der Waals surface area contributed by atoms with Crippen LogP contribution in [0, 0.1) is 0 Å². The molecule has 0 heterocycles. The Hall–Kier alpha value is -0.200. The molecule has 11 heavy (non-hydrogen) atoms. The Morgan fingerprint density at radius 2 is 1.64 bits per heavy atom. The third kappa shape index (κ3) is 0.771. The summed E-state index contributed by atoms with van der Waals surface area (Å²) in [4.78, 5) is 0. The third-order valence-corrected chi connectivity index (χ3v) is 2.48. The second-order valence-corrected chi connectivity index (χ2v) is 3.12. The summed E-state index contributed by atoms with van der Waals surface area (Å²) in [5, 5.41) is 45.0. The molecule has 66 valence electrons. The molecule has 5 heteroatoms. The summed E-state index contributed by atoms with van der Waals surface area (Å²) in [6.45, 7) is 0.374. The first kappa shape index (κ1) is 8.89. The molecule has 5 nitrogen and oxygen atoms in total. The molecule has 0 aromatic heterocycles. The fraction of sp³-hybridized carbons (Fsp3) is 1.00. The number of aliphatic hydroxyl groups excluding tert-OH is 3. The first-order chi connectivity index (χ1) is 4.88. The van der Waals surface area contributed by atoms with E-state index >= 15 is 0 Å². The van der Waals surface area contributed by atoms with Gasteiger partial charge in [-0.1, -0.05) is 0 Å². The molecule has 0 aromatic rings. The van der Waals surface area contributed by atoms with E-state index < -0.39 is 30.0 Å². The van der Waals surface area contributed by atoms with E-state index in [0.29, 0.717) is 0 Å². The lowest BCUT2D eigenvalue weighted by Gasteiger charge is -2.56. The van der Waals surface area contributed by atoms with Crippen molar-refractivity contribution in [3.8, 4) is 0 Å². The zero-order valence-electron chi connectivity index (χ0n) is 6.10. The fourth-order valence-electron chi connectivity index (χ4n) is 1.28. The summed E-state index contributed by atoms with van der Waals surface area (Å²) in [6.07, 6.45) is -2.89. The topological polar surface area (TPSA) is 101 Å². The maximum atomic E-state index is 9.28. The SMILES string of the molecule is C[C@@]1(O)[C@@H](O)[C@H](O)[C@]1(O)CO. The van der Waals surface area contributed by atoms with E-state index in [-0.39, 0.29) is 0 Å². The molecule has 0 unspecified atom stereocenters. The quantitative estimate of drug-likeness (QED) is 0.288. The van der Waals surface area contributed by atoms with Gasteiger partial charge in [0, 0.05) is 0 Å². The number of aliphatic hydroxyl groups is 5. The zero-order chi connectivity index (χ0) is 8.86. The summed E-state index contributed by atoms with van der Waals surface area (Å²) in [5.74, 6) is 0. The molecule has 0 radical (unpaired) electrons. The van der Waals surface area contributed by atoms with E-state index in [0.717, 1.165) is 6.92 Å². The Bertz CT molecular complexity index is 168. The highest BCUT2D eigenvalue weighted by Gasteiger charge is 2.68. The van der Waals surface area contributed by atoms with Crippen molar-refractivity contribution in [2.75, 3.05) is 6.61 Å². The van der Waals surface area contributed by atoms with Gasteiger partial charge in [-0.2, -0.15) is 0 Å². The molecule has 4 atom stereocenters. The van der Waals surface area contributed by atoms with Gasteiger partial charge in [0.15, 0.2) is 0 Å². The van der Waals surface area contributed by atoms with Crippen molar-refractivity contribution in [2.45, 2.75) is 30.3 Å². The Kier molecular flexibility index (Phi) is 1.74. The Labute approximate surface area is 63.5 Å². The van der Waals surface area contributed by atoms with Crippen molar-refractivity contribution in [2.24, 2.45) is 0 Å². The van der Waals surface area contributed by atoms with Gasteiger partial charge >= 0.3 is 0 Å². The molecule has 1 rings (SSSR count). The monoisotopic (exact) mass is 164 g/mol. The summed E-state index contributed by atoms with van der Waals surface area (Å²) in [5.41, 5.74) is -3.83. The van der Waals surface area contributed by atoms with Crippen molar-refractivity contribution in [1.29, 1.82) is 0 Å². The summed E-state index contributed by atoms with van der Waals surface area (Å²) in [7, 11) is 0. The van der Waals surface area contributed by atoms with E-state index in [1.165, 1.54) is 0 Å². The van der Waals surface area contributed by atoms with Crippen LogP contribution in [0.1, 0.15) is 6.92 Å². The van der Waals surface area contributed by atoms with Crippen LogP contribution >= 0.6 is 0 Å². The van der Waals surface area contributed by atoms with Crippen molar-refractivity contribution in [3.63, 3.8) is 0 Å². The lowest BCUT2D eigenvalue weighted by Crippen LogP contribution is -2.82. The predicted molar refractivity (Wildman–Crippen MR) is 34.7 cm³/mol. The largest absolute Gasteiger partial charge is 0.393 e. The zero-order valence-corrected chi connectivity index (χ0v) is 6.10. The molecule has 0 aromatic carbocycles. The minimum atomic E-state index is -1.99. The van der Waals surface area contributed by atoms with Crippen LogP contribution in [0.3, 0.4) is 0 Å². The van der Waals surface area contributed by atoms with Gasteiger partial charge in [-0.05, 0) is 6.92 Å². The molecule has 1 aliphatic rings. The molecular weight excluding hydrogens is 152 g/mol. The Morgan fingerprint density at radius 1 is 1.18 bits per heavy atom. The molecule has 5 N–H and O–H groups in total. The first-order valence-electron chi connectivity index (χ1n) is 3.29. The second-order valence-electron chi connectivity index (χ2n) is 3.12. The van der Waals surface area contributed by atoms with E-state index in [1.54, 1.807) is 0 Å². The lowest BCUT2D eigenvalue weighted by atomic mass is 9.62. The van der Waals surface area contributed by atoms with Gasteiger partial charge in [0.25, 0.3) is 0 Å². The van der Waals surface area contributed by atoms with Gasteiger partial charge < -0.3 is 25.5 Å². The average molecular weight is 164 g/mol. The van der Waals surface area contributed by atoms with Crippen LogP contribution < -0.4 is 0 Å². The van der Waals surface area contributed by atoms with Crippen LogP contribution in [0.5, 0.6) is 0 Å². The van der Waals surface area contributed by atoms with Crippen LogP contribution in [-0.2, 0) is 0 Å². The van der Waals surface area contributed by atoms with Crippen LogP contribution in [0.2, 0.25) is 0 Å². The third-order valence-electron chi connectivity index (χ3n) is 2.48. The normalized spacial score (nSPS) is 57.3. The number of hydrogen-bond acceptors (Lipinski definition) is 5. The van der Waals surface area contributed by atoms with Crippen LogP contribution in [0.25, 0.3) is 0 Å². The molecule has 1 aliphatic carbocycles. The highest BCUT2D eigenvalue weighted by Crippen LogP contribution is 2.42. The van der Waals surface area contributed by atoms with E-state index in [9.17, 15) is 10.2 Å². The van der Waals surface area contributed by atoms with Crippen molar-refractivity contribution < 1.29 is 25.5 Å². The van der Waals surface area contributed by atoms with Gasteiger partial charge in [-0.3, -0.25) is 0 Å². The van der Waals surface area contributed by atoms with Crippen molar-refractivity contribution in [1.82, 2.24) is 0 Å². The second kappa shape index (κ2) is 2.15. The molecule has 0 amide bonds. The maximum Gasteiger partial charge on any atom is 0.147 e. The lowest BCUT2D eigenvalue weighted by molar-refractivity contribution is -0.343. The minimum absolute atomic E-state index is 0.780. The van der Waals surface area contributed by atoms with Gasteiger partial charge in [0.1, 0.15) is 23.4 Å². The van der Waals surface area contributed by atoms with Crippen LogP contribution in [-0.4, -0.2) is 55.5 Å². The Balaban J connectivity index is 2.84. The predicted octanol–water partition coefficient (Wildman–Crippen LogP) is -2.80. The minimum Gasteiger partial charge on any atom is -0.393 e. The van der Waals surface area contributed by atoms with Crippen LogP contribution in [0.4, 0.5) is 0 Å². The fourth-order valence-corrected chi connectivity index (χ4v) is 1.28.